The molecule has 0 spiro atoms. The van der Waals surface area contributed by atoms with Crippen LogP contribution < -0.4 is 29.7 Å². The van der Waals surface area contributed by atoms with Crippen molar-refractivity contribution in [3.05, 3.63) is 83.4 Å². The first-order valence-corrected chi connectivity index (χ1v) is 11.9. The lowest BCUT2D eigenvalue weighted by molar-refractivity contribution is -0.122. The van der Waals surface area contributed by atoms with Crippen LogP contribution in [0.1, 0.15) is 18.1 Å². The van der Waals surface area contributed by atoms with Gasteiger partial charge in [0.25, 0.3) is 11.8 Å². The first-order chi connectivity index (χ1) is 18.3. The van der Waals surface area contributed by atoms with E-state index in [-0.39, 0.29) is 23.2 Å². The molecule has 0 aromatic heterocycles. The van der Waals surface area contributed by atoms with Gasteiger partial charge in [0.15, 0.2) is 5.11 Å². The molecule has 0 atom stereocenters. The van der Waals surface area contributed by atoms with E-state index in [1.807, 2.05) is 0 Å². The average Bonchev–Trinajstić information content (AvgIpc) is 2.90. The van der Waals surface area contributed by atoms with E-state index in [0.29, 0.717) is 39.8 Å². The molecule has 0 unspecified atom stereocenters. The molecule has 1 fully saturated rings. The Morgan fingerprint density at radius 1 is 0.974 bits per heavy atom. The number of methoxy groups -OCH3 is 2. The Balaban J connectivity index is 1.56. The summed E-state index contributed by atoms with van der Waals surface area (Å²) in [5.41, 5.74) is 2.40. The summed E-state index contributed by atoms with van der Waals surface area (Å²) in [6.07, 6.45) is 1.50. The first kappa shape index (κ1) is 26.4. The minimum Gasteiger partial charge on any atom is -0.497 e. The van der Waals surface area contributed by atoms with Crippen molar-refractivity contribution in [2.45, 2.75) is 13.5 Å². The highest BCUT2D eigenvalue weighted by Gasteiger charge is 2.34. The molecular weight excluding hydrogens is 506 g/mol. The number of carbonyl (C=O) groups excluding carboxylic acids is 3. The number of amides is 3. The number of anilines is 2. The van der Waals surface area contributed by atoms with E-state index in [9.17, 15) is 14.4 Å². The number of nitrogens with zero attached hydrogens (tertiary/aromatic N) is 1. The molecule has 0 radical (unpaired) electrons. The molecule has 0 bridgehead atoms. The van der Waals surface area contributed by atoms with Crippen molar-refractivity contribution >= 4 is 52.5 Å². The molecule has 1 aliphatic heterocycles. The lowest BCUT2D eigenvalue weighted by atomic mass is 10.0. The van der Waals surface area contributed by atoms with Crippen LogP contribution in [0.2, 0.25) is 0 Å². The largest absolute Gasteiger partial charge is 0.497 e. The number of hydrogen-bond acceptors (Lipinski definition) is 7. The van der Waals surface area contributed by atoms with E-state index in [2.05, 4.69) is 10.6 Å². The molecule has 9 nitrogen and oxygen atoms in total. The van der Waals surface area contributed by atoms with Crippen LogP contribution in [0, 0.1) is 0 Å². The van der Waals surface area contributed by atoms with Gasteiger partial charge in [-0.1, -0.05) is 6.07 Å². The maximum Gasteiger partial charge on any atom is 0.270 e. The SMILES string of the molecule is COc1ccc(N2C(=O)/C(=C/c3ccc(OC)c(COc4ccc(NC(C)=O)cc4)c3)C(=O)NC2=S)cc1. The van der Waals surface area contributed by atoms with Crippen molar-refractivity contribution < 1.29 is 28.6 Å². The summed E-state index contributed by atoms with van der Waals surface area (Å²) in [5, 5.41) is 5.28. The average molecular weight is 532 g/mol. The van der Waals surface area contributed by atoms with E-state index in [1.54, 1.807) is 80.9 Å². The molecule has 4 rings (SSSR count). The van der Waals surface area contributed by atoms with Crippen molar-refractivity contribution in [2.75, 3.05) is 24.4 Å². The molecule has 1 saturated heterocycles. The number of ether oxygens (including phenoxy) is 3. The number of hydrogen-bond donors (Lipinski definition) is 2. The molecule has 2 N–H and O–H groups in total. The molecule has 10 heteroatoms. The molecule has 3 amide bonds. The fraction of sp³-hybridized carbons (Fsp3) is 0.143. The van der Waals surface area contributed by atoms with Crippen molar-refractivity contribution in [3.63, 3.8) is 0 Å². The standard InChI is InChI=1S/C28H25N3O6S/c1-17(32)29-20-5-9-23(10-6-20)37-16-19-14-18(4-13-25(19)36-3)15-24-26(33)30-28(38)31(27(24)34)21-7-11-22(35-2)12-8-21/h4-15H,16H2,1-3H3,(H,29,32)(H,30,33,38)/b24-15+. The van der Waals surface area contributed by atoms with Gasteiger partial charge in [0.2, 0.25) is 5.91 Å². The third kappa shape index (κ3) is 5.98. The Kier molecular flexibility index (Phi) is 8.03. The van der Waals surface area contributed by atoms with Crippen LogP contribution in [-0.2, 0) is 21.0 Å². The van der Waals surface area contributed by atoms with Gasteiger partial charge in [0, 0.05) is 18.2 Å². The van der Waals surface area contributed by atoms with Gasteiger partial charge in [-0.3, -0.25) is 24.6 Å². The molecule has 3 aromatic carbocycles. The van der Waals surface area contributed by atoms with Gasteiger partial charge in [-0.15, -0.1) is 0 Å². The highest BCUT2D eigenvalue weighted by molar-refractivity contribution is 7.80. The van der Waals surface area contributed by atoms with Gasteiger partial charge in [0.05, 0.1) is 19.9 Å². The van der Waals surface area contributed by atoms with Crippen LogP contribution in [0.3, 0.4) is 0 Å². The van der Waals surface area contributed by atoms with Crippen molar-refractivity contribution in [1.29, 1.82) is 0 Å². The summed E-state index contributed by atoms with van der Waals surface area (Å²) < 4.78 is 16.5. The summed E-state index contributed by atoms with van der Waals surface area (Å²) in [7, 11) is 3.09. The Labute approximate surface area is 225 Å². The summed E-state index contributed by atoms with van der Waals surface area (Å²) in [6, 6.07) is 19.0. The van der Waals surface area contributed by atoms with E-state index in [4.69, 9.17) is 26.4 Å². The van der Waals surface area contributed by atoms with Gasteiger partial charge >= 0.3 is 0 Å². The Hall–Kier alpha value is -4.70. The zero-order chi connectivity index (χ0) is 27.2. The van der Waals surface area contributed by atoms with Gasteiger partial charge < -0.3 is 19.5 Å². The topological polar surface area (TPSA) is 106 Å². The van der Waals surface area contributed by atoms with Crippen LogP contribution in [-0.4, -0.2) is 37.1 Å². The zero-order valence-electron chi connectivity index (χ0n) is 20.9. The van der Waals surface area contributed by atoms with E-state index >= 15 is 0 Å². The highest BCUT2D eigenvalue weighted by atomic mass is 32.1. The van der Waals surface area contributed by atoms with Crippen LogP contribution in [0.5, 0.6) is 17.2 Å². The lowest BCUT2D eigenvalue weighted by Gasteiger charge is -2.29. The lowest BCUT2D eigenvalue weighted by Crippen LogP contribution is -2.54. The van der Waals surface area contributed by atoms with Crippen LogP contribution in [0.15, 0.2) is 72.3 Å². The van der Waals surface area contributed by atoms with Crippen LogP contribution in [0.4, 0.5) is 11.4 Å². The third-order valence-corrected chi connectivity index (χ3v) is 5.90. The highest BCUT2D eigenvalue weighted by Crippen LogP contribution is 2.27. The smallest absolute Gasteiger partial charge is 0.270 e. The second-order valence-electron chi connectivity index (χ2n) is 8.22. The molecule has 1 aliphatic rings. The minimum atomic E-state index is -0.586. The molecule has 194 valence electrons. The molecule has 0 aliphatic carbocycles. The van der Waals surface area contributed by atoms with E-state index < -0.39 is 11.8 Å². The first-order valence-electron chi connectivity index (χ1n) is 11.5. The molecule has 0 saturated carbocycles. The van der Waals surface area contributed by atoms with E-state index in [1.165, 1.54) is 17.9 Å². The quantitative estimate of drug-likeness (QED) is 0.256. The number of carbonyl (C=O) groups is 3. The number of rotatable bonds is 8. The fourth-order valence-corrected chi connectivity index (χ4v) is 4.07. The van der Waals surface area contributed by atoms with Gasteiger partial charge in [0.1, 0.15) is 29.4 Å². The normalized spacial score (nSPS) is 14.2. The van der Waals surface area contributed by atoms with Gasteiger partial charge in [-0.05, 0) is 84.5 Å². The van der Waals surface area contributed by atoms with Crippen molar-refractivity contribution in [2.24, 2.45) is 0 Å². The van der Waals surface area contributed by atoms with Crippen LogP contribution in [0.25, 0.3) is 6.08 Å². The zero-order valence-corrected chi connectivity index (χ0v) is 21.8. The van der Waals surface area contributed by atoms with Crippen molar-refractivity contribution in [1.82, 2.24) is 5.32 Å². The third-order valence-electron chi connectivity index (χ3n) is 5.62. The van der Waals surface area contributed by atoms with Crippen molar-refractivity contribution in [3.8, 4) is 17.2 Å². The predicted molar refractivity (Wildman–Crippen MR) is 147 cm³/mol. The number of thiocarbonyl (C=S) groups is 1. The second kappa shape index (κ2) is 11.6. The monoisotopic (exact) mass is 531 g/mol. The maximum atomic E-state index is 13.3. The minimum absolute atomic E-state index is 0.00402. The summed E-state index contributed by atoms with van der Waals surface area (Å²) in [5.74, 6) is 0.515. The predicted octanol–water partition coefficient (Wildman–Crippen LogP) is 4.07. The molecule has 1 heterocycles. The number of benzene rings is 3. The number of nitrogens with one attached hydrogen (secondary N) is 2. The Morgan fingerprint density at radius 3 is 2.29 bits per heavy atom. The van der Waals surface area contributed by atoms with Gasteiger partial charge in [-0.2, -0.15) is 0 Å². The summed E-state index contributed by atoms with van der Waals surface area (Å²) in [6.45, 7) is 1.61. The Morgan fingerprint density at radius 2 is 1.66 bits per heavy atom. The Bertz CT molecular complexity index is 1420. The summed E-state index contributed by atoms with van der Waals surface area (Å²) in [4.78, 5) is 38.5. The molecule has 38 heavy (non-hydrogen) atoms. The summed E-state index contributed by atoms with van der Waals surface area (Å²) >= 11 is 5.27. The fourth-order valence-electron chi connectivity index (χ4n) is 3.79. The van der Waals surface area contributed by atoms with E-state index in [0.717, 1.165) is 0 Å². The maximum absolute atomic E-state index is 13.3. The molecular formula is C28H25N3O6S. The van der Waals surface area contributed by atoms with Crippen LogP contribution >= 0.6 is 12.2 Å². The van der Waals surface area contributed by atoms with Gasteiger partial charge in [-0.25, -0.2) is 0 Å². The second-order valence-corrected chi connectivity index (χ2v) is 8.61. The molecule has 3 aromatic rings.